The van der Waals surface area contributed by atoms with Crippen LogP contribution in [0.5, 0.6) is 0 Å². The second-order valence-corrected chi connectivity index (χ2v) is 5.60. The first-order valence-electron chi connectivity index (χ1n) is 9.22. The maximum absolute atomic E-state index is 10.1. The standard InChI is InChI=1S/C22H31NO3/c24-22-20-18-16-14-12-10-8-6-4-2-1-3-5-7-9-11-13-15-17-19-21-23(25)26/h2-5,8-11,14-17,22H,1,6-7,12-13,18-21H2. The van der Waals surface area contributed by atoms with Crippen molar-refractivity contribution in [3.05, 3.63) is 83.0 Å². The number of hydrogen-bond acceptors (Lipinski definition) is 3. The molecular formula is C22H31NO3. The van der Waals surface area contributed by atoms with Crippen LogP contribution in [0, 0.1) is 10.1 Å². The Morgan fingerprint density at radius 3 is 1.23 bits per heavy atom. The highest BCUT2D eigenvalue weighted by molar-refractivity contribution is 5.49. The average Bonchev–Trinajstić information content (AvgIpc) is 2.62. The molecule has 0 aromatic rings. The average molecular weight is 357 g/mol. The molecule has 0 fully saturated rings. The number of carbonyl (C=O) groups excluding carboxylic acids is 1. The molecule has 0 saturated carbocycles. The topological polar surface area (TPSA) is 60.2 Å². The van der Waals surface area contributed by atoms with Gasteiger partial charge in [0.1, 0.15) is 6.29 Å². The van der Waals surface area contributed by atoms with Crippen LogP contribution < -0.4 is 0 Å². The Labute approximate surface area is 157 Å². The van der Waals surface area contributed by atoms with Gasteiger partial charge in [0, 0.05) is 17.8 Å². The quantitative estimate of drug-likeness (QED) is 0.113. The molecule has 0 unspecified atom stereocenters. The Bertz CT molecular complexity index is 526. The molecule has 4 nitrogen and oxygen atoms in total. The molecule has 0 aliphatic heterocycles. The lowest BCUT2D eigenvalue weighted by atomic mass is 10.2. The molecule has 0 radical (unpaired) electrons. The predicted molar refractivity (Wildman–Crippen MR) is 110 cm³/mol. The highest BCUT2D eigenvalue weighted by Crippen LogP contribution is 1.97. The van der Waals surface area contributed by atoms with Gasteiger partial charge in [0.05, 0.1) is 0 Å². The predicted octanol–water partition coefficient (Wildman–Crippen LogP) is 5.92. The molecule has 0 saturated heterocycles. The highest BCUT2D eigenvalue weighted by atomic mass is 16.6. The Morgan fingerprint density at radius 1 is 0.538 bits per heavy atom. The van der Waals surface area contributed by atoms with E-state index < -0.39 is 0 Å². The minimum atomic E-state index is -0.299. The summed E-state index contributed by atoms with van der Waals surface area (Å²) in [6, 6.07) is 0. The summed E-state index contributed by atoms with van der Waals surface area (Å²) >= 11 is 0. The maximum atomic E-state index is 10.1. The second-order valence-electron chi connectivity index (χ2n) is 5.60. The van der Waals surface area contributed by atoms with Gasteiger partial charge in [-0.05, 0) is 38.5 Å². The van der Waals surface area contributed by atoms with Crippen LogP contribution in [0.3, 0.4) is 0 Å². The third-order valence-electron chi connectivity index (χ3n) is 3.29. The summed E-state index contributed by atoms with van der Waals surface area (Å²) in [7, 11) is 0. The van der Waals surface area contributed by atoms with E-state index >= 15 is 0 Å². The van der Waals surface area contributed by atoms with Gasteiger partial charge in [-0.25, -0.2) is 0 Å². The van der Waals surface area contributed by atoms with Crippen molar-refractivity contribution < 1.29 is 9.72 Å². The van der Waals surface area contributed by atoms with Crippen LogP contribution in [0.15, 0.2) is 72.9 Å². The Morgan fingerprint density at radius 2 is 0.885 bits per heavy atom. The Hall–Kier alpha value is -2.49. The van der Waals surface area contributed by atoms with Gasteiger partial charge in [0.15, 0.2) is 0 Å². The number of nitro groups is 1. The van der Waals surface area contributed by atoms with E-state index in [9.17, 15) is 14.9 Å². The molecule has 0 aliphatic carbocycles. The van der Waals surface area contributed by atoms with Crippen molar-refractivity contribution in [3.8, 4) is 0 Å². The molecule has 0 bridgehead atoms. The Kier molecular flexibility index (Phi) is 18.6. The third-order valence-corrected chi connectivity index (χ3v) is 3.29. The molecule has 0 aromatic heterocycles. The fourth-order valence-electron chi connectivity index (χ4n) is 1.94. The molecular weight excluding hydrogens is 326 g/mol. The fraction of sp³-hybridized carbons (Fsp3) is 0.409. The van der Waals surface area contributed by atoms with Gasteiger partial charge in [-0.2, -0.15) is 0 Å². The summed E-state index contributed by atoms with van der Waals surface area (Å²) in [6.45, 7) is 0.00574. The summed E-state index contributed by atoms with van der Waals surface area (Å²) in [5, 5.41) is 10.1. The van der Waals surface area contributed by atoms with E-state index in [2.05, 4.69) is 54.7 Å². The number of rotatable bonds is 16. The minimum absolute atomic E-state index is 0.00574. The number of allylic oxidation sites excluding steroid dienone is 11. The largest absolute Gasteiger partial charge is 0.303 e. The lowest BCUT2D eigenvalue weighted by Gasteiger charge is -1.87. The smallest absolute Gasteiger partial charge is 0.207 e. The number of hydrogen-bond donors (Lipinski definition) is 0. The third kappa shape index (κ3) is 21.5. The van der Waals surface area contributed by atoms with Gasteiger partial charge in [0.25, 0.3) is 0 Å². The molecule has 0 rings (SSSR count). The van der Waals surface area contributed by atoms with Crippen LogP contribution in [0.4, 0.5) is 0 Å². The van der Waals surface area contributed by atoms with Gasteiger partial charge in [-0.15, -0.1) is 0 Å². The van der Waals surface area contributed by atoms with Crippen LogP contribution in [-0.2, 0) is 4.79 Å². The van der Waals surface area contributed by atoms with E-state index in [0.29, 0.717) is 12.8 Å². The second kappa shape index (κ2) is 20.6. The first-order valence-corrected chi connectivity index (χ1v) is 9.22. The summed E-state index contributed by atoms with van der Waals surface area (Å²) in [5.74, 6) is 0. The van der Waals surface area contributed by atoms with E-state index in [1.165, 1.54) is 0 Å². The van der Waals surface area contributed by atoms with Crippen molar-refractivity contribution in [3.63, 3.8) is 0 Å². The molecule has 26 heavy (non-hydrogen) atoms. The van der Waals surface area contributed by atoms with Gasteiger partial charge in [-0.1, -0.05) is 72.9 Å². The molecule has 0 heterocycles. The fourth-order valence-corrected chi connectivity index (χ4v) is 1.94. The molecule has 0 N–H and O–H groups in total. The number of aldehydes is 1. The van der Waals surface area contributed by atoms with Gasteiger partial charge < -0.3 is 4.79 Å². The number of nitrogens with zero attached hydrogens (tertiary/aromatic N) is 1. The molecule has 0 spiro atoms. The maximum Gasteiger partial charge on any atom is 0.207 e. The zero-order valence-corrected chi connectivity index (χ0v) is 15.5. The van der Waals surface area contributed by atoms with Crippen molar-refractivity contribution in [1.29, 1.82) is 0 Å². The SMILES string of the molecule is O=CCCC=CCC=CCC=CCC=CCC=CCC=CCC[N+](=O)[O-]. The van der Waals surface area contributed by atoms with Crippen LogP contribution in [0.25, 0.3) is 0 Å². The molecule has 0 atom stereocenters. The first kappa shape index (κ1) is 23.5. The Balaban J connectivity index is 3.52. The van der Waals surface area contributed by atoms with Crippen molar-refractivity contribution in [1.82, 2.24) is 0 Å². The molecule has 0 amide bonds. The number of carbonyl (C=O) groups is 1. The van der Waals surface area contributed by atoms with E-state index in [4.69, 9.17) is 0 Å². The lowest BCUT2D eigenvalue weighted by Crippen LogP contribution is -1.97. The van der Waals surface area contributed by atoms with E-state index in [1.54, 1.807) is 0 Å². The van der Waals surface area contributed by atoms with Crippen molar-refractivity contribution in [2.45, 2.75) is 51.4 Å². The molecule has 0 aromatic carbocycles. The normalized spacial score (nSPS) is 12.8. The van der Waals surface area contributed by atoms with Crippen LogP contribution >= 0.6 is 0 Å². The summed E-state index contributed by atoms with van der Waals surface area (Å²) in [6.07, 6.45) is 32.4. The van der Waals surface area contributed by atoms with Crippen LogP contribution in [0.2, 0.25) is 0 Å². The van der Waals surface area contributed by atoms with Gasteiger partial charge >= 0.3 is 0 Å². The van der Waals surface area contributed by atoms with Crippen LogP contribution in [0.1, 0.15) is 51.4 Å². The monoisotopic (exact) mass is 357 g/mol. The minimum Gasteiger partial charge on any atom is -0.303 e. The van der Waals surface area contributed by atoms with Crippen molar-refractivity contribution in [2.24, 2.45) is 0 Å². The van der Waals surface area contributed by atoms with E-state index in [1.807, 2.05) is 18.2 Å². The summed E-state index contributed by atoms with van der Waals surface area (Å²) in [5.41, 5.74) is 0. The van der Waals surface area contributed by atoms with Crippen molar-refractivity contribution in [2.75, 3.05) is 6.54 Å². The zero-order chi connectivity index (χ0) is 19.1. The molecule has 4 heteroatoms. The van der Waals surface area contributed by atoms with Crippen molar-refractivity contribution >= 4 is 6.29 Å². The molecule has 142 valence electrons. The molecule has 0 aliphatic rings. The zero-order valence-electron chi connectivity index (χ0n) is 15.5. The summed E-state index contributed by atoms with van der Waals surface area (Å²) in [4.78, 5) is 20.0. The lowest BCUT2D eigenvalue weighted by molar-refractivity contribution is -0.478. The first-order chi connectivity index (χ1) is 12.8. The van der Waals surface area contributed by atoms with E-state index in [-0.39, 0.29) is 11.5 Å². The summed E-state index contributed by atoms with van der Waals surface area (Å²) < 4.78 is 0. The van der Waals surface area contributed by atoms with Gasteiger partial charge in [0.2, 0.25) is 6.54 Å². The number of unbranched alkanes of at least 4 members (excludes halogenated alkanes) is 1. The highest BCUT2D eigenvalue weighted by Gasteiger charge is 1.89. The van der Waals surface area contributed by atoms with E-state index in [0.717, 1.165) is 44.8 Å². The van der Waals surface area contributed by atoms with Gasteiger partial charge in [-0.3, -0.25) is 10.1 Å². The van der Waals surface area contributed by atoms with Crippen LogP contribution in [-0.4, -0.2) is 17.8 Å².